The molecule has 0 amide bonds. The zero-order valence-corrected chi connectivity index (χ0v) is 39.7. The lowest BCUT2D eigenvalue weighted by atomic mass is 9.35. The van der Waals surface area contributed by atoms with Crippen LogP contribution in [-0.2, 0) is 38.0 Å². The zero-order valence-electron chi connectivity index (χ0n) is 39.7. The average Bonchev–Trinajstić information content (AvgIpc) is 3.76. The highest BCUT2D eigenvalue weighted by atomic mass is 16.8. The van der Waals surface area contributed by atoms with E-state index < -0.39 is 135 Å². The summed E-state index contributed by atoms with van der Waals surface area (Å²) in [5, 5.41) is 109. The van der Waals surface area contributed by atoms with Gasteiger partial charge < -0.3 is 84.2 Å². The Balaban J connectivity index is 1.05. The zero-order chi connectivity index (χ0) is 48.2. The summed E-state index contributed by atoms with van der Waals surface area (Å²) >= 11 is 0. The van der Waals surface area contributed by atoms with Gasteiger partial charge in [0.1, 0.15) is 73.2 Å². The van der Waals surface area contributed by atoms with Gasteiger partial charge in [-0.1, -0.05) is 40.2 Å². The second-order valence-electron chi connectivity index (χ2n) is 22.9. The molecule has 0 aromatic carbocycles. The van der Waals surface area contributed by atoms with Crippen molar-refractivity contribution in [3.63, 3.8) is 0 Å². The molecule has 4 saturated carbocycles. The minimum absolute atomic E-state index is 0.0845. The number of ether oxygens (including phenoxy) is 7. The number of hydrogen-bond donors (Lipinski definition) is 10. The number of esters is 1. The molecule has 10 N–H and O–H groups in total. The molecule has 8 fully saturated rings. The predicted octanol–water partition coefficient (Wildman–Crippen LogP) is 0.545. The molecule has 8 rings (SSSR count). The highest BCUT2D eigenvalue weighted by Gasteiger charge is 2.71. The van der Waals surface area contributed by atoms with Gasteiger partial charge in [-0.25, -0.2) is 4.79 Å². The third-order valence-corrected chi connectivity index (χ3v) is 18.9. The SMILES string of the molecule is CC(C)=C[C@@H]1C[C@](O)([C@H]2CC[C@]3(C)[C@@H]2CC[C@@H]2[C@@]4(C)CC[C@H](O[C@@H]5O[C@H](CO)[C@@H](O)[C@H](O[C@@H]6O[C@H](CO)[C@@H](O)[C@H](O)[C@H]6O)[C@H]5O[C@@H]5O[C@@H](C)[C@H](O)[C@@H](O)[C@H]5O)C(C)(C)[C@H]4CC[C@]23C)C(=O)O1. The molecule has 66 heavy (non-hydrogen) atoms. The molecule has 0 unspecified atom stereocenters. The minimum Gasteiger partial charge on any atom is -0.456 e. The van der Waals surface area contributed by atoms with Gasteiger partial charge in [0.2, 0.25) is 0 Å². The molecular formula is C48H78O18. The summed E-state index contributed by atoms with van der Waals surface area (Å²) in [7, 11) is 0. The quantitative estimate of drug-likeness (QED) is 0.0813. The fourth-order valence-corrected chi connectivity index (χ4v) is 15.2. The Bertz CT molecular complexity index is 1780. The van der Waals surface area contributed by atoms with Crippen LogP contribution in [0.25, 0.3) is 0 Å². The Labute approximate surface area is 387 Å². The van der Waals surface area contributed by atoms with Gasteiger partial charge in [0.25, 0.3) is 0 Å². The fourth-order valence-electron chi connectivity index (χ4n) is 15.2. The number of aliphatic hydroxyl groups is 10. The Morgan fingerprint density at radius 1 is 0.636 bits per heavy atom. The number of allylic oxidation sites excluding steroid dienone is 1. The highest BCUT2D eigenvalue weighted by Crippen LogP contribution is 2.76. The normalized spacial score (nSPS) is 54.8. The standard InChI is InChI=1S/C48H78O18/c1-21(2)17-23-18-48(59,43(58)61-23)25-11-15-46(7)24(25)9-10-29-45(6)14-13-30(44(4,5)28(45)12-16-47(29,46)8)64-42-39(66-40-36(56)34(54)31(51)22(3)60-40)38(33(53)27(20-50)63-42)65-41-37(57)35(55)32(52)26(19-49)62-41/h17,22-42,49-57,59H,9-16,18-20H2,1-8H3/t22-,23+,24+,25-,26+,27+,28+,29+,30-,31-,32+,33+,34+,35-,36+,37+,38-,39+,40-,41-,42-,45-,46+,47+,48-/m0/s1. The van der Waals surface area contributed by atoms with Crippen molar-refractivity contribution in [3.8, 4) is 0 Å². The first-order valence-corrected chi connectivity index (χ1v) is 24.4. The Morgan fingerprint density at radius 2 is 1.23 bits per heavy atom. The van der Waals surface area contributed by atoms with Crippen LogP contribution < -0.4 is 0 Å². The van der Waals surface area contributed by atoms with Crippen molar-refractivity contribution in [2.45, 2.75) is 223 Å². The minimum atomic E-state index is -1.87. The van der Waals surface area contributed by atoms with Crippen molar-refractivity contribution in [1.82, 2.24) is 0 Å². The third kappa shape index (κ3) is 8.06. The van der Waals surface area contributed by atoms with E-state index >= 15 is 0 Å². The second-order valence-corrected chi connectivity index (χ2v) is 22.9. The van der Waals surface area contributed by atoms with Crippen LogP contribution in [0.2, 0.25) is 0 Å². The number of aliphatic hydroxyl groups excluding tert-OH is 9. The van der Waals surface area contributed by atoms with Crippen LogP contribution in [0.15, 0.2) is 11.6 Å². The Morgan fingerprint density at radius 3 is 1.88 bits per heavy atom. The van der Waals surface area contributed by atoms with Gasteiger partial charge in [-0.3, -0.25) is 0 Å². The number of carbonyl (C=O) groups is 1. The largest absolute Gasteiger partial charge is 0.456 e. The van der Waals surface area contributed by atoms with Crippen LogP contribution in [-0.4, -0.2) is 180 Å². The van der Waals surface area contributed by atoms with Gasteiger partial charge in [-0.2, -0.15) is 0 Å². The molecule has 8 aliphatic rings. The van der Waals surface area contributed by atoms with E-state index in [9.17, 15) is 55.9 Å². The van der Waals surface area contributed by atoms with Crippen LogP contribution >= 0.6 is 0 Å². The Hall–Kier alpha value is -1.43. The van der Waals surface area contributed by atoms with E-state index in [4.69, 9.17) is 33.2 Å². The van der Waals surface area contributed by atoms with Crippen molar-refractivity contribution < 1.29 is 89.0 Å². The van der Waals surface area contributed by atoms with E-state index in [0.29, 0.717) is 12.3 Å². The van der Waals surface area contributed by atoms with Crippen LogP contribution in [0.1, 0.15) is 113 Å². The third-order valence-electron chi connectivity index (χ3n) is 18.9. The molecule has 0 aromatic heterocycles. The van der Waals surface area contributed by atoms with Crippen LogP contribution in [0.5, 0.6) is 0 Å². The van der Waals surface area contributed by atoms with Gasteiger partial charge in [0.05, 0.1) is 25.4 Å². The lowest BCUT2D eigenvalue weighted by molar-refractivity contribution is -0.398. The number of cyclic esters (lactones) is 1. The van der Waals surface area contributed by atoms with Crippen molar-refractivity contribution in [2.75, 3.05) is 13.2 Å². The summed E-state index contributed by atoms with van der Waals surface area (Å²) in [6, 6.07) is 0. The smallest absolute Gasteiger partial charge is 0.339 e. The first-order valence-electron chi connectivity index (χ1n) is 24.4. The maximum absolute atomic E-state index is 13.5. The van der Waals surface area contributed by atoms with E-state index in [0.717, 1.165) is 50.5 Å². The maximum atomic E-state index is 13.5. The second kappa shape index (κ2) is 18.3. The molecule has 0 bridgehead atoms. The molecule has 18 heteroatoms. The van der Waals surface area contributed by atoms with Crippen molar-refractivity contribution in [1.29, 1.82) is 0 Å². The van der Waals surface area contributed by atoms with E-state index in [1.165, 1.54) is 6.92 Å². The topological polar surface area (TPSA) is 284 Å². The highest BCUT2D eigenvalue weighted by molar-refractivity contribution is 5.82. The molecule has 4 aliphatic carbocycles. The molecule has 4 aliphatic heterocycles. The van der Waals surface area contributed by atoms with Crippen molar-refractivity contribution >= 4 is 5.97 Å². The molecule has 4 heterocycles. The molecule has 4 saturated heterocycles. The average molecular weight is 943 g/mol. The maximum Gasteiger partial charge on any atom is 0.339 e. The molecule has 0 spiro atoms. The summed E-state index contributed by atoms with van der Waals surface area (Å²) in [4.78, 5) is 13.5. The molecule has 0 radical (unpaired) electrons. The first kappa shape index (κ1) is 50.9. The van der Waals surface area contributed by atoms with E-state index in [1.807, 2.05) is 19.9 Å². The first-order chi connectivity index (χ1) is 30.9. The molecule has 0 aromatic rings. The number of hydrogen-bond acceptors (Lipinski definition) is 18. The van der Waals surface area contributed by atoms with Crippen LogP contribution in [0, 0.1) is 45.3 Å². The number of rotatable bonds is 10. The molecule has 25 atom stereocenters. The monoisotopic (exact) mass is 943 g/mol. The van der Waals surface area contributed by atoms with Crippen molar-refractivity contribution in [3.05, 3.63) is 11.6 Å². The number of carbonyl (C=O) groups excluding carboxylic acids is 1. The molecule has 378 valence electrons. The van der Waals surface area contributed by atoms with E-state index in [1.54, 1.807) is 0 Å². The van der Waals surface area contributed by atoms with E-state index in [-0.39, 0.29) is 40.4 Å². The Kier molecular flexibility index (Phi) is 14.1. The van der Waals surface area contributed by atoms with Gasteiger partial charge in [0, 0.05) is 12.3 Å². The van der Waals surface area contributed by atoms with Gasteiger partial charge in [-0.05, 0) is 118 Å². The van der Waals surface area contributed by atoms with Gasteiger partial charge in [0.15, 0.2) is 24.5 Å². The van der Waals surface area contributed by atoms with Crippen molar-refractivity contribution in [2.24, 2.45) is 45.3 Å². The number of fused-ring (bicyclic) bond motifs is 5. The summed E-state index contributed by atoms with van der Waals surface area (Å²) in [5.41, 5.74) is -1.32. The molecular weight excluding hydrogens is 865 g/mol. The van der Waals surface area contributed by atoms with Crippen LogP contribution in [0.4, 0.5) is 0 Å². The summed E-state index contributed by atoms with van der Waals surface area (Å²) in [6.07, 6.45) is -15.7. The summed E-state index contributed by atoms with van der Waals surface area (Å²) in [6.45, 7) is 15.6. The molecule has 18 nitrogen and oxygen atoms in total. The van der Waals surface area contributed by atoms with Crippen LogP contribution in [0.3, 0.4) is 0 Å². The lowest BCUT2D eigenvalue weighted by Crippen LogP contribution is -2.68. The van der Waals surface area contributed by atoms with Gasteiger partial charge >= 0.3 is 5.97 Å². The van der Waals surface area contributed by atoms with Gasteiger partial charge in [-0.15, -0.1) is 0 Å². The van der Waals surface area contributed by atoms with E-state index in [2.05, 4.69) is 34.6 Å². The summed E-state index contributed by atoms with van der Waals surface area (Å²) < 4.78 is 43.0. The summed E-state index contributed by atoms with van der Waals surface area (Å²) in [5.74, 6) is -0.0545. The lowest BCUT2D eigenvalue weighted by Gasteiger charge is -2.70. The fraction of sp³-hybridized carbons (Fsp3) is 0.938. The predicted molar refractivity (Wildman–Crippen MR) is 230 cm³/mol.